The Bertz CT molecular complexity index is 440. The highest BCUT2D eigenvalue weighted by Crippen LogP contribution is 2.36. The molecule has 0 saturated carbocycles. The largest absolute Gasteiger partial charge is 0.492 e. The van der Waals surface area contributed by atoms with Gasteiger partial charge in [0.1, 0.15) is 5.75 Å². The number of ether oxygens (including phenoxy) is 1. The summed E-state index contributed by atoms with van der Waals surface area (Å²) in [4.78, 5) is 1.99. The number of fused-ring (bicyclic) bond motifs is 1. The molecule has 0 aliphatic carbocycles. The van der Waals surface area contributed by atoms with Crippen molar-refractivity contribution in [1.29, 1.82) is 0 Å². The first-order valence-electron chi connectivity index (χ1n) is 7.05. The van der Waals surface area contributed by atoms with Crippen molar-refractivity contribution < 1.29 is 9.84 Å². The summed E-state index contributed by atoms with van der Waals surface area (Å²) >= 11 is 3.55. The van der Waals surface area contributed by atoms with Gasteiger partial charge in [-0.2, -0.15) is 0 Å². The summed E-state index contributed by atoms with van der Waals surface area (Å²) in [6.07, 6.45) is 1.69. The third-order valence-electron chi connectivity index (χ3n) is 3.43. The van der Waals surface area contributed by atoms with Crippen molar-refractivity contribution in [3.05, 3.63) is 28.2 Å². The molecule has 0 radical (unpaired) electrons. The molecule has 112 valence electrons. The maximum Gasteiger partial charge on any atom is 0.138 e. The van der Waals surface area contributed by atoms with Crippen molar-refractivity contribution >= 4 is 15.9 Å². The summed E-state index contributed by atoms with van der Waals surface area (Å²) in [7, 11) is 3.93. The van der Waals surface area contributed by atoms with Gasteiger partial charge in [-0.15, -0.1) is 0 Å². The number of nitrogens with zero attached hydrogens (tertiary/aromatic N) is 1. The second-order valence-corrected chi connectivity index (χ2v) is 6.38. The van der Waals surface area contributed by atoms with Crippen molar-refractivity contribution in [2.75, 3.05) is 33.8 Å². The highest BCUT2D eigenvalue weighted by Gasteiger charge is 2.21. The van der Waals surface area contributed by atoms with Crippen LogP contribution in [0.1, 0.15) is 24.4 Å². The fourth-order valence-corrected chi connectivity index (χ4v) is 3.04. The van der Waals surface area contributed by atoms with Crippen LogP contribution in [0.15, 0.2) is 22.7 Å². The molecule has 20 heavy (non-hydrogen) atoms. The van der Waals surface area contributed by atoms with E-state index in [2.05, 4.69) is 27.3 Å². The van der Waals surface area contributed by atoms with Crippen molar-refractivity contribution in [2.24, 2.45) is 0 Å². The average Bonchev–Trinajstić information content (AvgIpc) is 2.59. The van der Waals surface area contributed by atoms with Gasteiger partial charge in [-0.1, -0.05) is 12.1 Å². The average molecular weight is 343 g/mol. The van der Waals surface area contributed by atoms with Gasteiger partial charge in [-0.05, 0) is 48.9 Å². The predicted molar refractivity (Wildman–Crippen MR) is 84.2 cm³/mol. The van der Waals surface area contributed by atoms with Crippen LogP contribution in [0.3, 0.4) is 0 Å². The predicted octanol–water partition coefficient (Wildman–Crippen LogP) is 2.17. The highest BCUT2D eigenvalue weighted by molar-refractivity contribution is 9.10. The molecule has 2 N–H and O–H groups in total. The summed E-state index contributed by atoms with van der Waals surface area (Å²) in [6, 6.07) is 6.37. The standard InChI is InChI=1S/C15H23BrN2O2/c1-18(2)10-11(19)9-17-14-7-4-8-20-15-12(14)5-3-6-13(15)16/h3,5-6,11,14,17,19H,4,7-10H2,1-2H3. The number of nitrogens with one attached hydrogen (secondary N) is 1. The van der Waals surface area contributed by atoms with Gasteiger partial charge in [0.25, 0.3) is 0 Å². The maximum atomic E-state index is 9.98. The number of likely N-dealkylation sites (N-methyl/N-ethyl adjacent to an activating group) is 1. The van der Waals surface area contributed by atoms with E-state index in [-0.39, 0.29) is 12.1 Å². The molecule has 4 nitrogen and oxygen atoms in total. The lowest BCUT2D eigenvalue weighted by atomic mass is 10.0. The Hall–Kier alpha value is -0.620. The van der Waals surface area contributed by atoms with Crippen LogP contribution < -0.4 is 10.1 Å². The van der Waals surface area contributed by atoms with Crippen LogP contribution in [0.25, 0.3) is 0 Å². The summed E-state index contributed by atoms with van der Waals surface area (Å²) in [5.74, 6) is 0.935. The highest BCUT2D eigenvalue weighted by atomic mass is 79.9. The number of aliphatic hydroxyl groups excluding tert-OH is 1. The Labute approximate surface area is 129 Å². The smallest absolute Gasteiger partial charge is 0.138 e. The molecule has 1 aliphatic heterocycles. The first-order chi connectivity index (χ1) is 9.58. The summed E-state index contributed by atoms with van der Waals surface area (Å²) in [5, 5.41) is 13.5. The van der Waals surface area contributed by atoms with Crippen LogP contribution in [0.5, 0.6) is 5.75 Å². The molecule has 0 saturated heterocycles. The second kappa shape index (κ2) is 7.41. The lowest BCUT2D eigenvalue weighted by Crippen LogP contribution is -2.36. The molecule has 2 rings (SSSR count). The zero-order valence-corrected chi connectivity index (χ0v) is 13.7. The molecule has 0 fully saturated rings. The monoisotopic (exact) mass is 342 g/mol. The van der Waals surface area contributed by atoms with Crippen LogP contribution in [0.2, 0.25) is 0 Å². The lowest BCUT2D eigenvalue weighted by molar-refractivity contribution is 0.131. The van der Waals surface area contributed by atoms with Gasteiger partial charge in [0, 0.05) is 24.7 Å². The molecule has 1 aromatic carbocycles. The van der Waals surface area contributed by atoms with E-state index in [1.54, 1.807) is 0 Å². The fourth-order valence-electron chi connectivity index (χ4n) is 2.55. The van der Waals surface area contributed by atoms with E-state index in [0.29, 0.717) is 13.1 Å². The van der Waals surface area contributed by atoms with Crippen LogP contribution in [0.4, 0.5) is 0 Å². The van der Waals surface area contributed by atoms with Gasteiger partial charge in [0.05, 0.1) is 17.2 Å². The first kappa shape index (κ1) is 15.8. The molecule has 0 bridgehead atoms. The molecule has 0 aromatic heterocycles. The van der Waals surface area contributed by atoms with E-state index >= 15 is 0 Å². The van der Waals surface area contributed by atoms with E-state index in [9.17, 15) is 5.11 Å². The number of para-hydroxylation sites is 1. The van der Waals surface area contributed by atoms with E-state index in [1.807, 2.05) is 31.1 Å². The van der Waals surface area contributed by atoms with E-state index in [4.69, 9.17) is 4.74 Å². The van der Waals surface area contributed by atoms with Gasteiger partial charge in [0.2, 0.25) is 0 Å². The van der Waals surface area contributed by atoms with Crippen molar-refractivity contribution in [3.8, 4) is 5.75 Å². The Morgan fingerprint density at radius 2 is 2.30 bits per heavy atom. The van der Waals surface area contributed by atoms with Gasteiger partial charge in [0.15, 0.2) is 0 Å². The minimum Gasteiger partial charge on any atom is -0.492 e. The third kappa shape index (κ3) is 4.19. The van der Waals surface area contributed by atoms with Gasteiger partial charge in [-0.3, -0.25) is 0 Å². The molecule has 2 unspecified atom stereocenters. The Morgan fingerprint density at radius 3 is 3.05 bits per heavy atom. The zero-order chi connectivity index (χ0) is 14.5. The molecule has 0 spiro atoms. The molecule has 1 aromatic rings. The number of hydrogen-bond donors (Lipinski definition) is 2. The first-order valence-corrected chi connectivity index (χ1v) is 7.84. The Balaban J connectivity index is 2.03. The zero-order valence-electron chi connectivity index (χ0n) is 12.1. The molecular formula is C15H23BrN2O2. The summed E-state index contributed by atoms with van der Waals surface area (Å²) in [5.41, 5.74) is 1.17. The van der Waals surface area contributed by atoms with Crippen LogP contribution in [-0.2, 0) is 0 Å². The van der Waals surface area contributed by atoms with Gasteiger partial charge < -0.3 is 20.1 Å². The SMILES string of the molecule is CN(C)CC(O)CNC1CCCOc2c(Br)cccc21. The second-order valence-electron chi connectivity index (χ2n) is 5.53. The molecule has 2 atom stereocenters. The van der Waals surface area contributed by atoms with Crippen molar-refractivity contribution in [3.63, 3.8) is 0 Å². The van der Waals surface area contributed by atoms with Crippen molar-refractivity contribution in [2.45, 2.75) is 25.0 Å². The topological polar surface area (TPSA) is 44.7 Å². The van der Waals surface area contributed by atoms with E-state index in [1.165, 1.54) is 5.56 Å². The molecule has 0 amide bonds. The number of rotatable bonds is 5. The molecule has 1 heterocycles. The van der Waals surface area contributed by atoms with Crippen LogP contribution in [0, 0.1) is 0 Å². The number of benzene rings is 1. The molecular weight excluding hydrogens is 320 g/mol. The fraction of sp³-hybridized carbons (Fsp3) is 0.600. The number of halogens is 1. The third-order valence-corrected chi connectivity index (χ3v) is 4.06. The minimum atomic E-state index is -0.357. The Kier molecular flexibility index (Phi) is 5.84. The minimum absolute atomic E-state index is 0.238. The molecule has 1 aliphatic rings. The van der Waals surface area contributed by atoms with Crippen LogP contribution in [-0.4, -0.2) is 49.9 Å². The number of hydrogen-bond acceptors (Lipinski definition) is 4. The van der Waals surface area contributed by atoms with Crippen molar-refractivity contribution in [1.82, 2.24) is 10.2 Å². The van der Waals surface area contributed by atoms with Gasteiger partial charge >= 0.3 is 0 Å². The summed E-state index contributed by atoms with van der Waals surface area (Å²) < 4.78 is 6.82. The maximum absolute atomic E-state index is 9.98. The Morgan fingerprint density at radius 1 is 1.50 bits per heavy atom. The summed E-state index contributed by atoms with van der Waals surface area (Å²) in [6.45, 7) is 2.00. The van der Waals surface area contributed by atoms with E-state index in [0.717, 1.165) is 29.7 Å². The molecule has 5 heteroatoms. The van der Waals surface area contributed by atoms with Crippen LogP contribution >= 0.6 is 15.9 Å². The van der Waals surface area contributed by atoms with Gasteiger partial charge in [-0.25, -0.2) is 0 Å². The lowest BCUT2D eigenvalue weighted by Gasteiger charge is -2.22. The normalized spacial score (nSPS) is 20.1. The number of aliphatic hydroxyl groups is 1. The van der Waals surface area contributed by atoms with E-state index < -0.39 is 0 Å². The quantitative estimate of drug-likeness (QED) is 0.860.